The second kappa shape index (κ2) is 3.10. The second-order valence-electron chi connectivity index (χ2n) is 5.53. The predicted molar refractivity (Wildman–Crippen MR) is 58.1 cm³/mol. The topological polar surface area (TPSA) is 0 Å². The molecule has 0 saturated heterocycles. The quantitative estimate of drug-likeness (QED) is 0.552. The number of rotatable bonds is 1. The van der Waals surface area contributed by atoms with Crippen molar-refractivity contribution < 1.29 is 16.6 Å². The maximum absolute atomic E-state index is 2.51. The molecule has 0 aliphatic heterocycles. The number of allylic oxidation sites excluding steroid dienone is 4. The van der Waals surface area contributed by atoms with Crippen LogP contribution in [0.3, 0.4) is 0 Å². The summed E-state index contributed by atoms with van der Waals surface area (Å²) in [4.78, 5) is 0. The van der Waals surface area contributed by atoms with Gasteiger partial charge in [-0.05, 0) is 0 Å². The fraction of sp³-hybridized carbons (Fsp3) is 0.667. The van der Waals surface area contributed by atoms with Gasteiger partial charge in [0.15, 0.2) is 0 Å². The first-order chi connectivity index (χ1) is 5.70. The van der Waals surface area contributed by atoms with E-state index < -0.39 is 16.6 Å². The Bertz CT molecular complexity index is 289. The normalized spacial score (nSPS) is 29.6. The van der Waals surface area contributed by atoms with E-state index >= 15 is 0 Å². The van der Waals surface area contributed by atoms with Crippen LogP contribution in [0.15, 0.2) is 22.8 Å². The molecule has 0 bridgehead atoms. The summed E-state index contributed by atoms with van der Waals surface area (Å²) in [5.41, 5.74) is 4.65. The van der Waals surface area contributed by atoms with Gasteiger partial charge in [0, 0.05) is 0 Å². The van der Waals surface area contributed by atoms with Crippen molar-refractivity contribution >= 4 is 0 Å². The van der Waals surface area contributed by atoms with Gasteiger partial charge in [0.2, 0.25) is 0 Å². The Hall–Kier alpha value is 0.194. The molecule has 0 saturated carbocycles. The van der Waals surface area contributed by atoms with Crippen LogP contribution < -0.4 is 0 Å². The maximum atomic E-state index is 2.51. The SMILES string of the molecule is CC1=C[C](C)([Ti]([CH3])([CH3])[CH3])C(C)=C1C. The van der Waals surface area contributed by atoms with Gasteiger partial charge in [-0.1, -0.05) is 0 Å². The van der Waals surface area contributed by atoms with Gasteiger partial charge in [0.05, 0.1) is 0 Å². The summed E-state index contributed by atoms with van der Waals surface area (Å²) in [5.74, 6) is 0. The van der Waals surface area contributed by atoms with Gasteiger partial charge in [-0.15, -0.1) is 0 Å². The molecular formula is C12H22Ti. The van der Waals surface area contributed by atoms with Crippen molar-refractivity contribution in [3.63, 3.8) is 0 Å². The Balaban J connectivity index is 3.25. The van der Waals surface area contributed by atoms with Crippen molar-refractivity contribution in [2.24, 2.45) is 0 Å². The van der Waals surface area contributed by atoms with E-state index in [1.165, 1.54) is 11.1 Å². The molecule has 1 heteroatoms. The molecule has 0 nitrogen and oxygen atoms in total. The molecule has 0 N–H and O–H groups in total. The van der Waals surface area contributed by atoms with Crippen molar-refractivity contribution in [1.29, 1.82) is 0 Å². The van der Waals surface area contributed by atoms with E-state index in [-0.39, 0.29) is 0 Å². The molecule has 0 aromatic rings. The van der Waals surface area contributed by atoms with Gasteiger partial charge in [0.25, 0.3) is 0 Å². The molecule has 1 unspecified atom stereocenters. The van der Waals surface area contributed by atoms with E-state index in [0.29, 0.717) is 3.72 Å². The molecule has 0 fully saturated rings. The third-order valence-electron chi connectivity index (χ3n) is 4.00. The van der Waals surface area contributed by atoms with Gasteiger partial charge in [0.1, 0.15) is 0 Å². The van der Waals surface area contributed by atoms with Crippen molar-refractivity contribution in [3.05, 3.63) is 22.8 Å². The van der Waals surface area contributed by atoms with Crippen LogP contribution in [-0.4, -0.2) is 0 Å². The monoisotopic (exact) mass is 214 g/mol. The first-order valence-corrected chi connectivity index (χ1v) is 10.5. The third-order valence-corrected chi connectivity index (χ3v) is 9.67. The molecule has 0 spiro atoms. The van der Waals surface area contributed by atoms with E-state index in [4.69, 9.17) is 0 Å². The van der Waals surface area contributed by atoms with Crippen molar-refractivity contribution in [2.75, 3.05) is 0 Å². The average molecular weight is 214 g/mol. The van der Waals surface area contributed by atoms with E-state index in [9.17, 15) is 0 Å². The van der Waals surface area contributed by atoms with Crippen LogP contribution in [0.1, 0.15) is 27.7 Å². The van der Waals surface area contributed by atoms with Crippen molar-refractivity contribution in [3.8, 4) is 0 Å². The average Bonchev–Trinajstić information content (AvgIpc) is 2.15. The third kappa shape index (κ3) is 1.59. The summed E-state index contributed by atoms with van der Waals surface area (Å²) in [6.45, 7) is 9.26. The minimum absolute atomic E-state index is 0.439. The molecular weight excluding hydrogens is 192 g/mol. The molecule has 74 valence electrons. The van der Waals surface area contributed by atoms with Crippen LogP contribution in [-0.2, 0) is 16.6 Å². The predicted octanol–water partition coefficient (Wildman–Crippen LogP) is 4.76. The minimum atomic E-state index is -1.64. The molecule has 0 radical (unpaired) electrons. The summed E-state index contributed by atoms with van der Waals surface area (Å²) in [7, 11) is 0. The Kier molecular flexibility index (Phi) is 2.69. The summed E-state index contributed by atoms with van der Waals surface area (Å²) in [6, 6.07) is 0. The molecule has 0 amide bonds. The zero-order valence-electron chi connectivity index (χ0n) is 10.1. The fourth-order valence-corrected chi connectivity index (χ4v) is 5.18. The van der Waals surface area contributed by atoms with E-state index in [1.807, 2.05) is 0 Å². The standard InChI is InChI=1S/C9H13.3CH3.Ti/c1-6-5-7(2)9(4)8(6)3;;;;/h5H,1-4H3;3*1H3;. The molecule has 1 aliphatic carbocycles. The molecule has 13 heavy (non-hydrogen) atoms. The van der Waals surface area contributed by atoms with Gasteiger partial charge in [-0.25, -0.2) is 0 Å². The van der Waals surface area contributed by atoms with Crippen LogP contribution in [0.5, 0.6) is 0 Å². The van der Waals surface area contributed by atoms with Gasteiger partial charge in [-0.3, -0.25) is 0 Å². The number of hydrogen-bond donors (Lipinski definition) is 0. The van der Waals surface area contributed by atoms with E-state index in [1.54, 1.807) is 5.57 Å². The summed E-state index contributed by atoms with van der Waals surface area (Å²) >= 11 is -1.64. The summed E-state index contributed by atoms with van der Waals surface area (Å²) in [6.07, 6.45) is 2.51. The zero-order valence-corrected chi connectivity index (χ0v) is 11.6. The van der Waals surface area contributed by atoms with Gasteiger partial charge < -0.3 is 0 Å². The van der Waals surface area contributed by atoms with Gasteiger partial charge >= 0.3 is 86.5 Å². The first kappa shape index (κ1) is 11.3. The molecule has 1 aliphatic rings. The van der Waals surface area contributed by atoms with Crippen LogP contribution in [0.25, 0.3) is 0 Å². The first-order valence-electron chi connectivity index (χ1n) is 5.08. The Morgan fingerprint density at radius 3 is 1.69 bits per heavy atom. The van der Waals surface area contributed by atoms with Crippen molar-refractivity contribution in [1.82, 2.24) is 0 Å². The summed E-state index contributed by atoms with van der Waals surface area (Å²) in [5, 5.41) is 7.52. The zero-order chi connectivity index (χ0) is 10.4. The Morgan fingerprint density at radius 2 is 1.54 bits per heavy atom. The fourth-order valence-electron chi connectivity index (χ4n) is 2.11. The Labute approximate surface area is 86.5 Å². The van der Waals surface area contributed by atoms with Crippen LogP contribution in [0.2, 0.25) is 19.4 Å². The van der Waals surface area contributed by atoms with Crippen molar-refractivity contribution in [2.45, 2.75) is 47.1 Å². The molecule has 0 aromatic heterocycles. The van der Waals surface area contributed by atoms with Crippen LogP contribution in [0.4, 0.5) is 0 Å². The molecule has 0 aromatic carbocycles. The second-order valence-corrected chi connectivity index (χ2v) is 14.2. The molecule has 1 atom stereocenters. The van der Waals surface area contributed by atoms with E-state index in [0.717, 1.165) is 0 Å². The molecule has 0 heterocycles. The van der Waals surface area contributed by atoms with Crippen LogP contribution in [0, 0.1) is 0 Å². The van der Waals surface area contributed by atoms with Crippen LogP contribution >= 0.6 is 0 Å². The number of hydrogen-bond acceptors (Lipinski definition) is 0. The Morgan fingerprint density at radius 1 is 1.08 bits per heavy atom. The van der Waals surface area contributed by atoms with Gasteiger partial charge in [-0.2, -0.15) is 0 Å². The van der Waals surface area contributed by atoms with E-state index in [2.05, 4.69) is 49.5 Å². The summed E-state index contributed by atoms with van der Waals surface area (Å²) < 4.78 is 0.439. The molecule has 1 rings (SSSR count).